The van der Waals surface area contributed by atoms with E-state index in [0.717, 1.165) is 4.90 Å². The Labute approximate surface area is 132 Å². The van der Waals surface area contributed by atoms with E-state index in [1.54, 1.807) is 0 Å². The molecule has 1 saturated heterocycles. The van der Waals surface area contributed by atoms with Gasteiger partial charge in [0.2, 0.25) is 0 Å². The summed E-state index contributed by atoms with van der Waals surface area (Å²) in [4.78, 5) is 35.3. The van der Waals surface area contributed by atoms with E-state index in [-0.39, 0.29) is 29.3 Å². The van der Waals surface area contributed by atoms with Crippen molar-refractivity contribution in [3.63, 3.8) is 0 Å². The Balaban J connectivity index is 2.09. The van der Waals surface area contributed by atoms with Gasteiger partial charge in [0.25, 0.3) is 5.69 Å². The zero-order valence-electron chi connectivity index (χ0n) is 12.3. The zero-order valence-corrected chi connectivity index (χ0v) is 13.1. The summed E-state index contributed by atoms with van der Waals surface area (Å²) in [7, 11) is -1.85. The van der Waals surface area contributed by atoms with E-state index in [2.05, 4.69) is 5.32 Å². The molecule has 2 amide bonds. The molecule has 1 aliphatic heterocycles. The maximum atomic E-state index is 12.1. The first-order valence-electron chi connectivity index (χ1n) is 6.73. The highest BCUT2D eigenvalue weighted by atomic mass is 32.2. The van der Waals surface area contributed by atoms with E-state index in [1.807, 2.05) is 0 Å². The molecule has 1 unspecified atom stereocenters. The first kappa shape index (κ1) is 16.9. The van der Waals surface area contributed by atoms with Gasteiger partial charge in [0, 0.05) is 19.2 Å². The number of rotatable bonds is 3. The highest BCUT2D eigenvalue weighted by molar-refractivity contribution is 7.91. The van der Waals surface area contributed by atoms with Crippen LogP contribution in [0.2, 0.25) is 0 Å². The Hall–Kier alpha value is -2.49. The molecular formula is C13H15N3O6S. The van der Waals surface area contributed by atoms with Crippen LogP contribution >= 0.6 is 0 Å². The fourth-order valence-corrected chi connectivity index (χ4v) is 4.10. The van der Waals surface area contributed by atoms with Crippen molar-refractivity contribution in [3.05, 3.63) is 34.4 Å². The molecule has 2 rings (SSSR count). The van der Waals surface area contributed by atoms with Crippen LogP contribution in [0, 0.1) is 10.1 Å². The fraction of sp³-hybridized carbons (Fsp3) is 0.385. The van der Waals surface area contributed by atoms with Crippen LogP contribution in [0.25, 0.3) is 0 Å². The molecule has 0 spiro atoms. The number of nitro groups is 1. The summed E-state index contributed by atoms with van der Waals surface area (Å²) in [5.74, 6) is -2.20. The van der Waals surface area contributed by atoms with Gasteiger partial charge in [0.1, 0.15) is 5.69 Å². The predicted molar refractivity (Wildman–Crippen MR) is 81.6 cm³/mol. The van der Waals surface area contributed by atoms with Gasteiger partial charge in [0.05, 0.1) is 16.4 Å². The molecule has 1 fully saturated rings. The molecule has 1 N–H and O–H groups in total. The number of carbonyl (C=O) groups is 2. The summed E-state index contributed by atoms with van der Waals surface area (Å²) in [5, 5.41) is 13.1. The Kier molecular flexibility index (Phi) is 4.64. The number of nitro benzene ring substituents is 1. The third-order valence-corrected chi connectivity index (χ3v) is 5.37. The first-order chi connectivity index (χ1) is 10.7. The number of anilines is 1. The van der Waals surface area contributed by atoms with Gasteiger partial charge in [-0.25, -0.2) is 8.42 Å². The Morgan fingerprint density at radius 2 is 2.00 bits per heavy atom. The minimum absolute atomic E-state index is 0.0267. The van der Waals surface area contributed by atoms with Gasteiger partial charge in [-0.15, -0.1) is 0 Å². The van der Waals surface area contributed by atoms with E-state index < -0.39 is 32.6 Å². The van der Waals surface area contributed by atoms with Crippen molar-refractivity contribution < 1.29 is 22.9 Å². The summed E-state index contributed by atoms with van der Waals surface area (Å²) in [6.07, 6.45) is 0.267. The molecule has 0 aliphatic carbocycles. The van der Waals surface area contributed by atoms with Crippen LogP contribution in [-0.2, 0) is 19.4 Å². The lowest BCUT2D eigenvalue weighted by molar-refractivity contribution is -0.383. The molecule has 0 radical (unpaired) electrons. The van der Waals surface area contributed by atoms with Gasteiger partial charge in [-0.1, -0.05) is 12.1 Å². The van der Waals surface area contributed by atoms with E-state index >= 15 is 0 Å². The third kappa shape index (κ3) is 3.83. The van der Waals surface area contributed by atoms with Crippen molar-refractivity contribution in [2.75, 3.05) is 23.9 Å². The van der Waals surface area contributed by atoms with Gasteiger partial charge in [0.15, 0.2) is 9.84 Å². The molecule has 10 heteroatoms. The lowest BCUT2D eigenvalue weighted by atomic mass is 10.2. The summed E-state index contributed by atoms with van der Waals surface area (Å²) < 4.78 is 22.9. The number of likely N-dealkylation sites (N-methyl/N-ethyl adjacent to an activating group) is 1. The molecule has 9 nitrogen and oxygen atoms in total. The zero-order chi connectivity index (χ0) is 17.2. The standard InChI is InChI=1S/C13H15N3O6S/c1-15(9-6-7-23(21,22)8-9)13(18)12(17)14-10-4-2-3-5-11(10)16(19)20/h2-5,9H,6-8H2,1H3,(H,14,17). The number of para-hydroxylation sites is 2. The summed E-state index contributed by atoms with van der Waals surface area (Å²) in [5.41, 5.74) is -0.428. The minimum atomic E-state index is -3.19. The molecule has 1 aromatic rings. The quantitative estimate of drug-likeness (QED) is 0.475. The SMILES string of the molecule is CN(C(=O)C(=O)Nc1ccccc1[N+](=O)[O-])C1CCS(=O)(=O)C1. The Bertz CT molecular complexity index is 761. The van der Waals surface area contributed by atoms with E-state index in [1.165, 1.54) is 31.3 Å². The van der Waals surface area contributed by atoms with Gasteiger partial charge in [-0.05, 0) is 12.5 Å². The molecule has 0 aromatic heterocycles. The fourth-order valence-electron chi connectivity index (χ4n) is 2.32. The number of hydrogen-bond donors (Lipinski definition) is 1. The number of nitrogens with zero attached hydrogens (tertiary/aromatic N) is 2. The maximum Gasteiger partial charge on any atom is 0.314 e. The van der Waals surface area contributed by atoms with Gasteiger partial charge < -0.3 is 10.2 Å². The minimum Gasteiger partial charge on any atom is -0.333 e. The third-order valence-electron chi connectivity index (χ3n) is 3.62. The topological polar surface area (TPSA) is 127 Å². The molecule has 1 aromatic carbocycles. The molecular weight excluding hydrogens is 326 g/mol. The smallest absolute Gasteiger partial charge is 0.314 e. The van der Waals surface area contributed by atoms with Crippen LogP contribution in [0.1, 0.15) is 6.42 Å². The maximum absolute atomic E-state index is 12.1. The van der Waals surface area contributed by atoms with E-state index in [0.29, 0.717) is 0 Å². The summed E-state index contributed by atoms with van der Waals surface area (Å²) >= 11 is 0. The molecule has 23 heavy (non-hydrogen) atoms. The van der Waals surface area contributed by atoms with Gasteiger partial charge >= 0.3 is 11.8 Å². The number of benzene rings is 1. The predicted octanol–water partition coefficient (Wildman–Crippen LogP) is 0.179. The molecule has 1 heterocycles. The molecule has 0 saturated carbocycles. The van der Waals surface area contributed by atoms with Crippen molar-refractivity contribution in [3.8, 4) is 0 Å². The lowest BCUT2D eigenvalue weighted by Crippen LogP contribution is -2.43. The van der Waals surface area contributed by atoms with Crippen LogP contribution in [0.4, 0.5) is 11.4 Å². The van der Waals surface area contributed by atoms with Gasteiger partial charge in [-0.3, -0.25) is 19.7 Å². The Morgan fingerprint density at radius 1 is 1.35 bits per heavy atom. The average Bonchev–Trinajstić information content (AvgIpc) is 2.86. The van der Waals surface area contributed by atoms with E-state index in [4.69, 9.17) is 0 Å². The summed E-state index contributed by atoms with van der Waals surface area (Å²) in [6.45, 7) is 0. The van der Waals surface area contributed by atoms with Gasteiger partial charge in [-0.2, -0.15) is 0 Å². The average molecular weight is 341 g/mol. The van der Waals surface area contributed by atoms with Crippen molar-refractivity contribution in [1.82, 2.24) is 4.90 Å². The van der Waals surface area contributed by atoms with Crippen LogP contribution in [0.3, 0.4) is 0 Å². The van der Waals surface area contributed by atoms with Crippen molar-refractivity contribution in [1.29, 1.82) is 0 Å². The van der Waals surface area contributed by atoms with Crippen molar-refractivity contribution in [2.45, 2.75) is 12.5 Å². The number of sulfone groups is 1. The molecule has 0 bridgehead atoms. The second-order valence-electron chi connectivity index (χ2n) is 5.20. The summed E-state index contributed by atoms with van der Waals surface area (Å²) in [6, 6.07) is 4.87. The molecule has 124 valence electrons. The van der Waals surface area contributed by atoms with E-state index in [9.17, 15) is 28.1 Å². The second-order valence-corrected chi connectivity index (χ2v) is 7.43. The molecule has 1 aliphatic rings. The molecule has 1 atom stereocenters. The first-order valence-corrected chi connectivity index (χ1v) is 8.55. The highest BCUT2D eigenvalue weighted by Gasteiger charge is 2.35. The second kappa shape index (κ2) is 6.32. The normalized spacial score (nSPS) is 19.1. The van der Waals surface area contributed by atoms with Crippen LogP contribution < -0.4 is 5.32 Å². The van der Waals surface area contributed by atoms with Crippen LogP contribution in [0.5, 0.6) is 0 Å². The number of hydrogen-bond acceptors (Lipinski definition) is 6. The monoisotopic (exact) mass is 341 g/mol. The van der Waals surface area contributed by atoms with Crippen LogP contribution in [0.15, 0.2) is 24.3 Å². The van der Waals surface area contributed by atoms with Crippen molar-refractivity contribution >= 4 is 33.0 Å². The Morgan fingerprint density at radius 3 is 2.57 bits per heavy atom. The number of nitrogens with one attached hydrogen (secondary N) is 1. The van der Waals surface area contributed by atoms with Crippen LogP contribution in [-0.4, -0.2) is 54.7 Å². The van der Waals surface area contributed by atoms with Crippen molar-refractivity contribution in [2.24, 2.45) is 0 Å². The largest absolute Gasteiger partial charge is 0.333 e. The number of amides is 2. The lowest BCUT2D eigenvalue weighted by Gasteiger charge is -2.22. The highest BCUT2D eigenvalue weighted by Crippen LogP contribution is 2.23. The number of carbonyl (C=O) groups excluding carboxylic acids is 2.